The van der Waals surface area contributed by atoms with Crippen molar-refractivity contribution in [1.82, 2.24) is 0 Å². The molecule has 1 aliphatic heterocycles. The maximum atomic E-state index is 9.95. The maximum Gasteiger partial charge on any atom is 0.126 e. The Labute approximate surface area is 128 Å². The van der Waals surface area contributed by atoms with Crippen molar-refractivity contribution in [3.63, 3.8) is 0 Å². The number of aromatic hydroxyl groups is 1. The van der Waals surface area contributed by atoms with Crippen molar-refractivity contribution in [3.05, 3.63) is 34.4 Å². The highest BCUT2D eigenvalue weighted by Gasteiger charge is 2.32. The van der Waals surface area contributed by atoms with Crippen molar-refractivity contribution in [3.8, 4) is 11.5 Å². The molecule has 1 atom stereocenters. The number of fused-ring (bicyclic) bond motifs is 1. The number of rotatable bonds is 4. The van der Waals surface area contributed by atoms with Gasteiger partial charge in [0.25, 0.3) is 0 Å². The standard InChI is InChI=1S/C19H28O2/c1-6-13(2)8-7-10-19(5)11-9-16-12-17(20)14(3)15(4)18(16)21-19/h8,12,20H,6-7,9-11H2,1-5H3/b13-8+/t19-/m1/s1. The Morgan fingerprint density at radius 1 is 1.38 bits per heavy atom. The minimum absolute atomic E-state index is 0.0916. The van der Waals surface area contributed by atoms with Gasteiger partial charge in [-0.3, -0.25) is 0 Å². The van der Waals surface area contributed by atoms with Gasteiger partial charge in [-0.25, -0.2) is 0 Å². The minimum atomic E-state index is -0.0916. The van der Waals surface area contributed by atoms with Crippen molar-refractivity contribution in [1.29, 1.82) is 0 Å². The smallest absolute Gasteiger partial charge is 0.126 e. The zero-order valence-corrected chi connectivity index (χ0v) is 14.0. The third-order valence-electron chi connectivity index (χ3n) is 4.89. The van der Waals surface area contributed by atoms with Crippen molar-refractivity contribution >= 4 is 0 Å². The fourth-order valence-electron chi connectivity index (χ4n) is 2.91. The summed E-state index contributed by atoms with van der Waals surface area (Å²) in [5.41, 5.74) is 4.52. The number of aryl methyl sites for hydroxylation is 1. The SMILES string of the molecule is CC/C(C)=C/CC[C@]1(C)CCc2cc(O)c(C)c(C)c2O1. The van der Waals surface area contributed by atoms with E-state index < -0.39 is 0 Å². The van der Waals surface area contributed by atoms with Crippen molar-refractivity contribution < 1.29 is 9.84 Å². The van der Waals surface area contributed by atoms with E-state index in [0.717, 1.165) is 54.5 Å². The summed E-state index contributed by atoms with van der Waals surface area (Å²) in [5, 5.41) is 9.95. The Bertz CT molecular complexity index is 557. The van der Waals surface area contributed by atoms with Gasteiger partial charge >= 0.3 is 0 Å². The molecule has 0 bridgehead atoms. The quantitative estimate of drug-likeness (QED) is 0.769. The normalized spacial score (nSPS) is 21.9. The predicted octanol–water partition coefficient (Wildman–Crippen LogP) is 5.23. The highest BCUT2D eigenvalue weighted by Crippen LogP contribution is 2.41. The molecule has 1 N–H and O–H groups in total. The lowest BCUT2D eigenvalue weighted by molar-refractivity contribution is 0.0560. The van der Waals surface area contributed by atoms with Crippen LogP contribution in [0, 0.1) is 13.8 Å². The Balaban J connectivity index is 2.16. The molecule has 2 rings (SSSR count). The molecule has 116 valence electrons. The number of benzene rings is 1. The Morgan fingerprint density at radius 2 is 2.10 bits per heavy atom. The average molecular weight is 288 g/mol. The minimum Gasteiger partial charge on any atom is -0.508 e. The molecule has 0 saturated carbocycles. The van der Waals surface area contributed by atoms with Gasteiger partial charge < -0.3 is 9.84 Å². The van der Waals surface area contributed by atoms with Crippen LogP contribution in [0.15, 0.2) is 17.7 Å². The molecule has 2 nitrogen and oxygen atoms in total. The highest BCUT2D eigenvalue weighted by atomic mass is 16.5. The van der Waals surface area contributed by atoms with Crippen molar-refractivity contribution in [2.45, 2.75) is 72.3 Å². The van der Waals surface area contributed by atoms with E-state index in [4.69, 9.17) is 4.74 Å². The van der Waals surface area contributed by atoms with Gasteiger partial charge in [-0.1, -0.05) is 18.6 Å². The van der Waals surface area contributed by atoms with Gasteiger partial charge in [-0.15, -0.1) is 0 Å². The van der Waals surface area contributed by atoms with Gasteiger partial charge in [-0.2, -0.15) is 0 Å². The lowest BCUT2D eigenvalue weighted by Crippen LogP contribution is -2.36. The second-order valence-corrected chi connectivity index (χ2v) is 6.63. The van der Waals surface area contributed by atoms with E-state index in [1.165, 1.54) is 5.57 Å². The molecule has 0 aliphatic carbocycles. The van der Waals surface area contributed by atoms with Crippen LogP contribution in [-0.2, 0) is 6.42 Å². The van der Waals surface area contributed by atoms with Gasteiger partial charge in [0.1, 0.15) is 17.1 Å². The zero-order valence-electron chi connectivity index (χ0n) is 14.0. The van der Waals surface area contributed by atoms with Gasteiger partial charge in [0.2, 0.25) is 0 Å². The van der Waals surface area contributed by atoms with Gasteiger partial charge in [0.15, 0.2) is 0 Å². The monoisotopic (exact) mass is 288 g/mol. The summed E-state index contributed by atoms with van der Waals surface area (Å²) in [7, 11) is 0. The number of phenolic OH excluding ortho intramolecular Hbond substituents is 1. The van der Waals surface area contributed by atoms with Crippen molar-refractivity contribution in [2.24, 2.45) is 0 Å². The van der Waals surface area contributed by atoms with E-state index in [1.54, 1.807) is 0 Å². The van der Waals surface area contributed by atoms with Gasteiger partial charge in [-0.05, 0) is 82.6 Å². The second kappa shape index (κ2) is 6.13. The number of hydrogen-bond acceptors (Lipinski definition) is 2. The van der Waals surface area contributed by atoms with Crippen LogP contribution in [0.25, 0.3) is 0 Å². The van der Waals surface area contributed by atoms with Crippen molar-refractivity contribution in [2.75, 3.05) is 0 Å². The van der Waals surface area contributed by atoms with Crippen LogP contribution in [0.1, 0.15) is 63.1 Å². The van der Waals surface area contributed by atoms with Gasteiger partial charge in [0, 0.05) is 0 Å². The van der Waals surface area contributed by atoms with E-state index in [1.807, 2.05) is 19.9 Å². The summed E-state index contributed by atoms with van der Waals surface area (Å²) in [4.78, 5) is 0. The first-order valence-corrected chi connectivity index (χ1v) is 8.03. The summed E-state index contributed by atoms with van der Waals surface area (Å²) >= 11 is 0. The predicted molar refractivity (Wildman–Crippen MR) is 88.2 cm³/mol. The Morgan fingerprint density at radius 3 is 2.76 bits per heavy atom. The number of ether oxygens (including phenoxy) is 1. The lowest BCUT2D eigenvalue weighted by atomic mass is 9.87. The fraction of sp³-hybridized carbons (Fsp3) is 0.579. The molecule has 0 radical (unpaired) electrons. The summed E-state index contributed by atoms with van der Waals surface area (Å²) in [6, 6.07) is 1.87. The topological polar surface area (TPSA) is 29.5 Å². The first kappa shape index (κ1) is 15.9. The maximum absolute atomic E-state index is 9.95. The Kier molecular flexibility index (Phi) is 4.65. The number of hydrogen-bond donors (Lipinski definition) is 1. The summed E-state index contributed by atoms with van der Waals surface area (Å²) in [5.74, 6) is 1.38. The first-order chi connectivity index (χ1) is 9.86. The molecule has 2 heteroatoms. The molecule has 21 heavy (non-hydrogen) atoms. The fourth-order valence-corrected chi connectivity index (χ4v) is 2.91. The molecule has 0 unspecified atom stereocenters. The largest absolute Gasteiger partial charge is 0.508 e. The van der Waals surface area contributed by atoms with E-state index >= 15 is 0 Å². The molecule has 1 heterocycles. The molecular formula is C19H28O2. The van der Waals surface area contributed by atoms with Crippen LogP contribution < -0.4 is 4.74 Å². The van der Waals surface area contributed by atoms with E-state index in [0.29, 0.717) is 5.75 Å². The summed E-state index contributed by atoms with van der Waals surface area (Å²) in [6.45, 7) is 10.6. The molecule has 0 amide bonds. The third-order valence-corrected chi connectivity index (χ3v) is 4.89. The van der Waals surface area contributed by atoms with Crippen LogP contribution in [0.3, 0.4) is 0 Å². The van der Waals surface area contributed by atoms with E-state index in [-0.39, 0.29) is 5.60 Å². The molecule has 0 aromatic heterocycles. The zero-order chi connectivity index (χ0) is 15.6. The van der Waals surface area contributed by atoms with E-state index in [9.17, 15) is 5.11 Å². The van der Waals surface area contributed by atoms with Gasteiger partial charge in [0.05, 0.1) is 0 Å². The van der Waals surface area contributed by atoms with E-state index in [2.05, 4.69) is 26.8 Å². The molecule has 0 spiro atoms. The van der Waals surface area contributed by atoms with Crippen LogP contribution in [0.2, 0.25) is 0 Å². The van der Waals surface area contributed by atoms with Crippen LogP contribution >= 0.6 is 0 Å². The Hall–Kier alpha value is -1.44. The summed E-state index contributed by atoms with van der Waals surface area (Å²) in [6.07, 6.45) is 7.57. The average Bonchev–Trinajstić information content (AvgIpc) is 2.46. The van der Waals surface area contributed by atoms with Crippen LogP contribution in [0.4, 0.5) is 0 Å². The van der Waals surface area contributed by atoms with Crippen LogP contribution in [-0.4, -0.2) is 10.7 Å². The third kappa shape index (κ3) is 3.42. The second-order valence-electron chi connectivity index (χ2n) is 6.63. The summed E-state index contributed by atoms with van der Waals surface area (Å²) < 4.78 is 6.36. The molecule has 1 aromatic rings. The molecule has 0 fully saturated rings. The number of allylic oxidation sites excluding steroid dienone is 2. The first-order valence-electron chi connectivity index (χ1n) is 8.03. The molecule has 1 aromatic carbocycles. The molecule has 1 aliphatic rings. The molecular weight excluding hydrogens is 260 g/mol. The lowest BCUT2D eigenvalue weighted by Gasteiger charge is -2.37. The number of phenols is 1. The highest BCUT2D eigenvalue weighted by molar-refractivity contribution is 5.53. The molecule has 0 saturated heterocycles. The van der Waals surface area contributed by atoms with Crippen LogP contribution in [0.5, 0.6) is 11.5 Å².